The van der Waals surface area contributed by atoms with Gasteiger partial charge >= 0.3 is 6.18 Å². The molecule has 0 spiro atoms. The minimum absolute atomic E-state index is 0.0727. The molecule has 0 amide bonds. The number of alkyl halides is 3. The van der Waals surface area contributed by atoms with Crippen LogP contribution in [0.1, 0.15) is 18.4 Å². The van der Waals surface area contributed by atoms with Gasteiger partial charge in [-0.1, -0.05) is 0 Å². The van der Waals surface area contributed by atoms with Gasteiger partial charge in [-0.05, 0) is 36.8 Å². The van der Waals surface area contributed by atoms with Crippen molar-refractivity contribution in [2.24, 2.45) is 17.6 Å². The molecule has 1 saturated carbocycles. The van der Waals surface area contributed by atoms with Crippen LogP contribution in [0.15, 0.2) is 18.2 Å². The predicted molar refractivity (Wildman–Crippen MR) is 74.5 cm³/mol. The summed E-state index contributed by atoms with van der Waals surface area (Å²) in [5.74, 6) is 0.638. The fourth-order valence-corrected chi connectivity index (χ4v) is 3.62. The largest absolute Gasteiger partial charge is 0.416 e. The van der Waals surface area contributed by atoms with Crippen LogP contribution < -0.4 is 10.6 Å². The van der Waals surface area contributed by atoms with Gasteiger partial charge in [0.05, 0.1) is 10.5 Å². The number of rotatable bonds is 2. The molecule has 22 heavy (non-hydrogen) atoms. The zero-order valence-electron chi connectivity index (χ0n) is 11.7. The quantitative estimate of drug-likeness (QED) is 0.673. The molecular formula is C14H16F3N3O2. The summed E-state index contributed by atoms with van der Waals surface area (Å²) in [6.07, 6.45) is -2.68. The molecule has 8 heteroatoms. The first-order valence-electron chi connectivity index (χ1n) is 7.13. The minimum atomic E-state index is -4.59. The highest BCUT2D eigenvalue weighted by Crippen LogP contribution is 2.42. The summed E-state index contributed by atoms with van der Waals surface area (Å²) in [4.78, 5) is 12.2. The van der Waals surface area contributed by atoms with Crippen molar-refractivity contribution in [2.45, 2.75) is 25.1 Å². The second-order valence-electron chi connectivity index (χ2n) is 6.03. The van der Waals surface area contributed by atoms with E-state index >= 15 is 0 Å². The summed E-state index contributed by atoms with van der Waals surface area (Å²) in [7, 11) is 0. The van der Waals surface area contributed by atoms with Gasteiger partial charge in [0.15, 0.2) is 0 Å². The number of nitro groups is 1. The van der Waals surface area contributed by atoms with Gasteiger partial charge in [0.1, 0.15) is 5.69 Å². The molecule has 1 aliphatic heterocycles. The predicted octanol–water partition coefficient (Wildman–Crippen LogP) is 2.79. The molecule has 3 rings (SSSR count). The van der Waals surface area contributed by atoms with Crippen LogP contribution in [0, 0.1) is 22.0 Å². The van der Waals surface area contributed by atoms with E-state index in [2.05, 4.69) is 0 Å². The lowest BCUT2D eigenvalue weighted by Crippen LogP contribution is -2.30. The van der Waals surface area contributed by atoms with E-state index in [9.17, 15) is 23.3 Å². The van der Waals surface area contributed by atoms with Gasteiger partial charge in [0.2, 0.25) is 0 Å². The van der Waals surface area contributed by atoms with E-state index in [0.29, 0.717) is 25.1 Å². The Balaban J connectivity index is 1.93. The second-order valence-corrected chi connectivity index (χ2v) is 6.03. The van der Waals surface area contributed by atoms with Gasteiger partial charge < -0.3 is 10.6 Å². The highest BCUT2D eigenvalue weighted by Gasteiger charge is 2.43. The first-order chi connectivity index (χ1) is 10.3. The molecule has 2 N–H and O–H groups in total. The lowest BCUT2D eigenvalue weighted by Gasteiger charge is -2.21. The normalized spacial score (nSPS) is 28.0. The highest BCUT2D eigenvalue weighted by atomic mass is 19.4. The molecule has 3 unspecified atom stereocenters. The Morgan fingerprint density at radius 1 is 1.27 bits per heavy atom. The average Bonchev–Trinajstić information content (AvgIpc) is 2.99. The summed E-state index contributed by atoms with van der Waals surface area (Å²) in [5.41, 5.74) is 4.78. The maximum absolute atomic E-state index is 12.7. The van der Waals surface area contributed by atoms with Crippen molar-refractivity contribution in [1.29, 1.82) is 0 Å². The molecule has 0 bridgehead atoms. The van der Waals surface area contributed by atoms with Gasteiger partial charge in [-0.25, -0.2) is 0 Å². The molecule has 3 atom stereocenters. The van der Waals surface area contributed by atoms with Crippen molar-refractivity contribution in [2.75, 3.05) is 18.0 Å². The zero-order valence-corrected chi connectivity index (χ0v) is 11.7. The number of anilines is 1. The van der Waals surface area contributed by atoms with Gasteiger partial charge in [-0.15, -0.1) is 0 Å². The average molecular weight is 315 g/mol. The van der Waals surface area contributed by atoms with Gasteiger partial charge in [-0.2, -0.15) is 13.2 Å². The van der Waals surface area contributed by atoms with E-state index in [4.69, 9.17) is 5.73 Å². The van der Waals surface area contributed by atoms with Crippen LogP contribution in [-0.2, 0) is 6.18 Å². The first kappa shape index (κ1) is 15.1. The number of benzene rings is 1. The number of hydrogen-bond acceptors (Lipinski definition) is 4. The third-order valence-corrected chi connectivity index (χ3v) is 4.75. The Morgan fingerprint density at radius 2 is 2.00 bits per heavy atom. The molecule has 1 aliphatic carbocycles. The summed E-state index contributed by atoms with van der Waals surface area (Å²) in [6, 6.07) is 2.79. The molecule has 1 heterocycles. The van der Waals surface area contributed by atoms with Crippen LogP contribution in [0.25, 0.3) is 0 Å². The number of nitro benzene ring substituents is 1. The molecule has 1 aromatic carbocycles. The zero-order chi connectivity index (χ0) is 16.1. The fourth-order valence-electron chi connectivity index (χ4n) is 3.62. The molecule has 5 nitrogen and oxygen atoms in total. The monoisotopic (exact) mass is 315 g/mol. The van der Waals surface area contributed by atoms with Crippen LogP contribution in [-0.4, -0.2) is 24.1 Å². The van der Waals surface area contributed by atoms with E-state index < -0.39 is 22.4 Å². The van der Waals surface area contributed by atoms with Gasteiger partial charge in [0, 0.05) is 25.2 Å². The topological polar surface area (TPSA) is 72.4 Å². The van der Waals surface area contributed by atoms with Crippen molar-refractivity contribution in [1.82, 2.24) is 0 Å². The summed E-state index contributed by atoms with van der Waals surface area (Å²) in [5, 5.41) is 11.2. The van der Waals surface area contributed by atoms with E-state index in [0.717, 1.165) is 18.9 Å². The summed E-state index contributed by atoms with van der Waals surface area (Å²) in [6.45, 7) is 1.18. The van der Waals surface area contributed by atoms with Crippen LogP contribution in [0.3, 0.4) is 0 Å². The van der Waals surface area contributed by atoms with E-state index in [1.165, 1.54) is 6.07 Å². The minimum Gasteiger partial charge on any atom is -0.365 e. The maximum atomic E-state index is 12.7. The van der Waals surface area contributed by atoms with Crippen molar-refractivity contribution in [3.8, 4) is 0 Å². The van der Waals surface area contributed by atoms with E-state index in [1.54, 1.807) is 4.90 Å². The van der Waals surface area contributed by atoms with Crippen LogP contribution in [0.2, 0.25) is 0 Å². The van der Waals surface area contributed by atoms with Crippen LogP contribution in [0.4, 0.5) is 24.5 Å². The standard InChI is InChI=1S/C14H16F3N3O2/c15-14(16,17)9-2-4-12(13(5-9)20(21)22)19-6-8-1-3-11(18)10(8)7-19/h2,4-5,8,10-11H,1,3,6-7,18H2. The summed E-state index contributed by atoms with van der Waals surface area (Å²) >= 11 is 0. The molecule has 0 aromatic heterocycles. The Hall–Kier alpha value is -1.83. The van der Waals surface area contributed by atoms with E-state index in [1.807, 2.05) is 0 Å². The highest BCUT2D eigenvalue weighted by molar-refractivity contribution is 5.65. The Morgan fingerprint density at radius 3 is 2.59 bits per heavy atom. The lowest BCUT2D eigenvalue weighted by atomic mass is 9.98. The smallest absolute Gasteiger partial charge is 0.365 e. The third kappa shape index (κ3) is 2.51. The van der Waals surface area contributed by atoms with Gasteiger partial charge in [-0.3, -0.25) is 10.1 Å². The Bertz CT molecular complexity index is 605. The number of nitrogens with two attached hydrogens (primary N) is 1. The lowest BCUT2D eigenvalue weighted by molar-refractivity contribution is -0.384. The molecule has 0 radical (unpaired) electrons. The van der Waals surface area contributed by atoms with Crippen molar-refractivity contribution >= 4 is 11.4 Å². The van der Waals surface area contributed by atoms with Crippen LogP contribution in [0.5, 0.6) is 0 Å². The Labute approximate surface area is 125 Å². The first-order valence-corrected chi connectivity index (χ1v) is 7.13. The number of halogens is 3. The van der Waals surface area contributed by atoms with Crippen molar-refractivity contribution in [3.05, 3.63) is 33.9 Å². The van der Waals surface area contributed by atoms with Crippen molar-refractivity contribution in [3.63, 3.8) is 0 Å². The number of fused-ring (bicyclic) bond motifs is 1. The number of nitrogens with zero attached hydrogens (tertiary/aromatic N) is 2. The Kier molecular flexibility index (Phi) is 3.51. The van der Waals surface area contributed by atoms with Crippen molar-refractivity contribution < 1.29 is 18.1 Å². The molecule has 120 valence electrons. The van der Waals surface area contributed by atoms with E-state index in [-0.39, 0.29) is 17.6 Å². The third-order valence-electron chi connectivity index (χ3n) is 4.75. The molecule has 2 aliphatic rings. The molecule has 2 fully saturated rings. The molecular weight excluding hydrogens is 299 g/mol. The fraction of sp³-hybridized carbons (Fsp3) is 0.571. The molecule has 1 saturated heterocycles. The number of hydrogen-bond donors (Lipinski definition) is 1. The molecule has 1 aromatic rings. The SMILES string of the molecule is NC1CCC2CN(c3ccc(C(F)(F)F)cc3[N+](=O)[O-])CC12. The van der Waals surface area contributed by atoms with Gasteiger partial charge in [0.25, 0.3) is 5.69 Å². The maximum Gasteiger partial charge on any atom is 0.416 e. The summed E-state index contributed by atoms with van der Waals surface area (Å²) < 4.78 is 38.2. The van der Waals surface area contributed by atoms with Crippen LogP contribution >= 0.6 is 0 Å². The second kappa shape index (κ2) is 5.12.